The molecule has 0 spiro atoms. The smallest absolute Gasteiger partial charge is 0.0160 e. The summed E-state index contributed by atoms with van der Waals surface area (Å²) in [5, 5.41) is 0. The Morgan fingerprint density at radius 3 is 2.73 bits per heavy atom. The van der Waals surface area contributed by atoms with Gasteiger partial charge in [0.25, 0.3) is 0 Å². The van der Waals surface area contributed by atoms with Crippen molar-refractivity contribution in [2.45, 2.75) is 52.4 Å². The summed E-state index contributed by atoms with van der Waals surface area (Å²) >= 11 is 0. The molecule has 0 aromatic rings. The van der Waals surface area contributed by atoms with Gasteiger partial charge in [-0.15, -0.1) is 0 Å². The van der Waals surface area contributed by atoms with Gasteiger partial charge in [0.2, 0.25) is 0 Å². The van der Waals surface area contributed by atoms with E-state index in [4.69, 9.17) is 0 Å². The fourth-order valence-corrected chi connectivity index (χ4v) is 2.48. The van der Waals surface area contributed by atoms with E-state index in [1.807, 2.05) is 0 Å². The molecule has 1 atom stereocenters. The summed E-state index contributed by atoms with van der Waals surface area (Å²) in [4.78, 5) is 2.42. The highest BCUT2D eigenvalue weighted by atomic mass is 15.1. The van der Waals surface area contributed by atoms with Crippen molar-refractivity contribution >= 4 is 0 Å². The third-order valence-corrected chi connectivity index (χ3v) is 3.86. The first kappa shape index (κ1) is 12.8. The van der Waals surface area contributed by atoms with Crippen LogP contribution >= 0.6 is 0 Å². The number of nitrogens with zero attached hydrogens (tertiary/aromatic N) is 1. The lowest BCUT2D eigenvalue weighted by Gasteiger charge is -2.29. The summed E-state index contributed by atoms with van der Waals surface area (Å²) in [5.74, 6) is 0. The quantitative estimate of drug-likeness (QED) is 0.491. The molecule has 1 heterocycles. The van der Waals surface area contributed by atoms with Gasteiger partial charge < -0.3 is 4.90 Å². The number of allylic oxidation sites excluding steroid dienone is 1. The molecule has 0 radical (unpaired) electrons. The second kappa shape index (κ2) is 6.32. The zero-order chi connectivity index (χ0) is 11.1. The van der Waals surface area contributed by atoms with Crippen molar-refractivity contribution in [3.05, 3.63) is 12.2 Å². The topological polar surface area (TPSA) is 3.24 Å². The number of likely N-dealkylation sites (N-methyl/N-ethyl adjacent to an activating group) is 1. The number of hydrogen-bond acceptors (Lipinski definition) is 1. The van der Waals surface area contributed by atoms with Crippen molar-refractivity contribution in [1.29, 1.82) is 0 Å². The maximum absolute atomic E-state index is 2.51. The lowest BCUT2D eigenvalue weighted by Crippen LogP contribution is -2.23. The molecule has 0 aliphatic carbocycles. The van der Waals surface area contributed by atoms with Crippen molar-refractivity contribution in [2.75, 3.05) is 20.1 Å². The van der Waals surface area contributed by atoms with E-state index in [9.17, 15) is 0 Å². The molecule has 1 rings (SSSR count). The van der Waals surface area contributed by atoms with Crippen LogP contribution in [0, 0.1) is 5.41 Å². The van der Waals surface area contributed by atoms with Crippen LogP contribution in [0.15, 0.2) is 12.2 Å². The monoisotopic (exact) mass is 209 g/mol. The van der Waals surface area contributed by atoms with Crippen LogP contribution in [0.1, 0.15) is 52.4 Å². The van der Waals surface area contributed by atoms with Gasteiger partial charge in [-0.1, -0.05) is 45.3 Å². The van der Waals surface area contributed by atoms with Crippen molar-refractivity contribution in [2.24, 2.45) is 5.41 Å². The molecular formula is C14H27N. The average Bonchev–Trinajstić information content (AvgIpc) is 2.42. The molecule has 0 saturated carbocycles. The Kier molecular flexibility index (Phi) is 5.38. The van der Waals surface area contributed by atoms with Crippen LogP contribution in [0.5, 0.6) is 0 Å². The molecule has 15 heavy (non-hydrogen) atoms. The van der Waals surface area contributed by atoms with Gasteiger partial charge in [0, 0.05) is 6.54 Å². The Bertz CT molecular complexity index is 198. The second-order valence-electron chi connectivity index (χ2n) is 5.09. The Morgan fingerprint density at radius 1 is 1.27 bits per heavy atom. The molecule has 0 aromatic carbocycles. The first-order chi connectivity index (χ1) is 7.22. The van der Waals surface area contributed by atoms with Crippen LogP contribution < -0.4 is 0 Å². The zero-order valence-corrected chi connectivity index (χ0v) is 10.8. The van der Waals surface area contributed by atoms with Gasteiger partial charge in [-0.05, 0) is 38.3 Å². The highest BCUT2D eigenvalue weighted by Gasteiger charge is 2.25. The molecule has 0 saturated heterocycles. The van der Waals surface area contributed by atoms with Crippen molar-refractivity contribution < 1.29 is 0 Å². The van der Waals surface area contributed by atoms with Gasteiger partial charge in [0.1, 0.15) is 0 Å². The fourth-order valence-electron chi connectivity index (χ4n) is 2.48. The van der Waals surface area contributed by atoms with Gasteiger partial charge >= 0.3 is 0 Å². The molecule has 1 aliphatic heterocycles. The predicted molar refractivity (Wildman–Crippen MR) is 68.1 cm³/mol. The average molecular weight is 209 g/mol. The number of rotatable bonds is 5. The van der Waals surface area contributed by atoms with Crippen LogP contribution in [0.2, 0.25) is 0 Å². The van der Waals surface area contributed by atoms with E-state index in [1.54, 1.807) is 0 Å². The summed E-state index contributed by atoms with van der Waals surface area (Å²) in [6, 6.07) is 0. The van der Waals surface area contributed by atoms with Crippen molar-refractivity contribution in [3.63, 3.8) is 0 Å². The van der Waals surface area contributed by atoms with Gasteiger partial charge in [0.05, 0.1) is 0 Å². The number of hydrogen-bond donors (Lipinski definition) is 0. The SMILES string of the molecule is CCCCCC1(CC)C=CCN(C)CC1. The van der Waals surface area contributed by atoms with E-state index in [0.717, 1.165) is 6.54 Å². The highest BCUT2D eigenvalue weighted by molar-refractivity contribution is 5.02. The van der Waals surface area contributed by atoms with Gasteiger partial charge in [-0.3, -0.25) is 0 Å². The molecule has 1 nitrogen and oxygen atoms in total. The fraction of sp³-hybridized carbons (Fsp3) is 0.857. The molecule has 0 fully saturated rings. The van der Waals surface area contributed by atoms with Gasteiger partial charge in [-0.25, -0.2) is 0 Å². The summed E-state index contributed by atoms with van der Waals surface area (Å²) in [6.45, 7) is 7.03. The summed E-state index contributed by atoms with van der Waals surface area (Å²) in [5.41, 5.74) is 0.514. The first-order valence-electron chi connectivity index (χ1n) is 6.58. The maximum Gasteiger partial charge on any atom is 0.0160 e. The molecular weight excluding hydrogens is 182 g/mol. The Morgan fingerprint density at radius 2 is 2.07 bits per heavy atom. The Balaban J connectivity index is 2.50. The van der Waals surface area contributed by atoms with Crippen molar-refractivity contribution in [3.8, 4) is 0 Å². The maximum atomic E-state index is 2.51. The molecule has 0 N–H and O–H groups in total. The van der Waals surface area contributed by atoms with Crippen LogP contribution in [-0.2, 0) is 0 Å². The van der Waals surface area contributed by atoms with E-state index in [1.165, 1.54) is 45.1 Å². The third kappa shape index (κ3) is 3.98. The standard InChI is InChI=1S/C14H27N/c1-4-6-7-9-14(5-2)10-8-12-15(3)13-11-14/h8,10H,4-7,9,11-13H2,1-3H3. The summed E-state index contributed by atoms with van der Waals surface area (Å²) < 4.78 is 0. The molecule has 88 valence electrons. The molecule has 1 aliphatic rings. The van der Waals surface area contributed by atoms with Gasteiger partial charge in [0.15, 0.2) is 0 Å². The van der Waals surface area contributed by atoms with Crippen LogP contribution in [0.25, 0.3) is 0 Å². The first-order valence-corrected chi connectivity index (χ1v) is 6.58. The third-order valence-electron chi connectivity index (χ3n) is 3.86. The van der Waals surface area contributed by atoms with Crippen LogP contribution in [-0.4, -0.2) is 25.0 Å². The second-order valence-corrected chi connectivity index (χ2v) is 5.09. The lowest BCUT2D eigenvalue weighted by atomic mass is 9.77. The van der Waals surface area contributed by atoms with E-state index in [0.29, 0.717) is 5.41 Å². The molecule has 0 amide bonds. The van der Waals surface area contributed by atoms with E-state index < -0.39 is 0 Å². The van der Waals surface area contributed by atoms with E-state index in [2.05, 4.69) is 37.9 Å². The van der Waals surface area contributed by atoms with Crippen LogP contribution in [0.4, 0.5) is 0 Å². The lowest BCUT2D eigenvalue weighted by molar-refractivity contribution is 0.258. The molecule has 1 heteroatoms. The minimum Gasteiger partial charge on any atom is -0.303 e. The summed E-state index contributed by atoms with van der Waals surface area (Å²) in [7, 11) is 2.22. The normalized spacial score (nSPS) is 27.9. The highest BCUT2D eigenvalue weighted by Crippen LogP contribution is 2.35. The number of unbranched alkanes of at least 4 members (excludes halogenated alkanes) is 2. The Labute approximate surface area is 95.5 Å². The minimum absolute atomic E-state index is 0.514. The minimum atomic E-state index is 0.514. The molecule has 0 bridgehead atoms. The van der Waals surface area contributed by atoms with Crippen molar-refractivity contribution in [1.82, 2.24) is 4.90 Å². The Hall–Kier alpha value is -0.300. The van der Waals surface area contributed by atoms with Gasteiger partial charge in [-0.2, -0.15) is 0 Å². The zero-order valence-electron chi connectivity index (χ0n) is 10.8. The van der Waals surface area contributed by atoms with E-state index in [-0.39, 0.29) is 0 Å². The summed E-state index contributed by atoms with van der Waals surface area (Å²) in [6.07, 6.45) is 13.1. The largest absolute Gasteiger partial charge is 0.303 e. The molecule has 1 unspecified atom stereocenters. The van der Waals surface area contributed by atoms with E-state index >= 15 is 0 Å². The predicted octanol–water partition coefficient (Wildman–Crippen LogP) is 3.85. The molecule has 0 aromatic heterocycles. The van der Waals surface area contributed by atoms with Crippen LogP contribution in [0.3, 0.4) is 0 Å².